The number of rotatable bonds is 4. The fourth-order valence-electron chi connectivity index (χ4n) is 0.550. The zero-order valence-corrected chi connectivity index (χ0v) is 7.32. The van der Waals surface area contributed by atoms with Crippen molar-refractivity contribution in [3.05, 3.63) is 16.6 Å². The van der Waals surface area contributed by atoms with Crippen LogP contribution in [0.2, 0.25) is 0 Å². The van der Waals surface area contributed by atoms with Gasteiger partial charge in [-0.05, 0) is 0 Å². The van der Waals surface area contributed by atoms with E-state index in [1.807, 2.05) is 0 Å². The van der Waals surface area contributed by atoms with Crippen LogP contribution in [-0.2, 0) is 0 Å². The first-order valence-corrected chi connectivity index (χ1v) is 4.61. The minimum absolute atomic E-state index is 0.0302. The van der Waals surface area contributed by atoms with Gasteiger partial charge in [-0.25, -0.2) is 9.18 Å². The Labute approximate surface area is 69.0 Å². The monoisotopic (exact) mass is 192 g/mol. The van der Waals surface area contributed by atoms with Crippen LogP contribution in [0.3, 0.4) is 0 Å². The van der Waals surface area contributed by atoms with Gasteiger partial charge < -0.3 is 0 Å². The molecule has 0 saturated heterocycles. The molecule has 0 bridgehead atoms. The fraction of sp³-hybridized carbons (Fsp3) is 0.200. The molecule has 0 radical (unpaired) electrons. The van der Waals surface area contributed by atoms with Crippen LogP contribution in [0.25, 0.3) is 0 Å². The predicted octanol–water partition coefficient (Wildman–Crippen LogP) is 1.39. The third kappa shape index (κ3) is 2.61. The summed E-state index contributed by atoms with van der Waals surface area (Å²) < 4.78 is 11.5. The number of nitrogens with zero attached hydrogens (tertiary/aromatic N) is 1. The summed E-state index contributed by atoms with van der Waals surface area (Å²) in [5.41, 5.74) is 0. The molecule has 0 aliphatic heterocycles. The Kier molecular flexibility index (Phi) is 3.56. The van der Waals surface area contributed by atoms with Crippen LogP contribution in [0.4, 0.5) is 4.20 Å². The molecule has 0 amide bonds. The number of halogens is 1. The van der Waals surface area contributed by atoms with Crippen molar-refractivity contribution in [2.75, 3.05) is 6.54 Å². The summed E-state index contributed by atoms with van der Waals surface area (Å²) >= 11 is 1.26. The van der Waals surface area contributed by atoms with Crippen molar-refractivity contribution in [3.63, 3.8) is 0 Å². The van der Waals surface area contributed by atoms with Crippen LogP contribution in [0, 0.1) is 0 Å². The van der Waals surface area contributed by atoms with Gasteiger partial charge in [0.25, 0.3) is 0 Å². The van der Waals surface area contributed by atoms with Crippen LogP contribution in [0.1, 0.15) is 9.80 Å². The second-order valence-electron chi connectivity index (χ2n) is 1.71. The number of aromatic nitrogens is 1. The Morgan fingerprint density at radius 1 is 1.91 bits per heavy atom. The van der Waals surface area contributed by atoms with E-state index in [2.05, 4.69) is 10.1 Å². The van der Waals surface area contributed by atoms with Crippen molar-refractivity contribution in [2.24, 2.45) is 0 Å². The minimum atomic E-state index is -0.889. The van der Waals surface area contributed by atoms with E-state index >= 15 is 0 Å². The predicted molar refractivity (Wildman–Crippen MR) is 43.9 cm³/mol. The van der Waals surface area contributed by atoms with Crippen molar-refractivity contribution in [1.82, 2.24) is 10.1 Å². The zero-order chi connectivity index (χ0) is 8.10. The van der Waals surface area contributed by atoms with Gasteiger partial charge in [-0.2, -0.15) is 0 Å². The van der Waals surface area contributed by atoms with E-state index in [-0.39, 0.29) is 12.3 Å². The Morgan fingerprint density at radius 2 is 2.73 bits per heavy atom. The number of nitrogens with one attached hydrogen (secondary N) is 1. The van der Waals surface area contributed by atoms with Gasteiger partial charge in [-0.15, -0.1) is 11.3 Å². The summed E-state index contributed by atoms with van der Waals surface area (Å²) in [6.45, 7) is 0.0302. The van der Waals surface area contributed by atoms with Gasteiger partial charge in [0, 0.05) is 11.6 Å². The number of hydrogen-bond donors (Lipinski definition) is 1. The van der Waals surface area contributed by atoms with E-state index in [1.54, 1.807) is 11.6 Å². The number of hydrogen-bond acceptors (Lipinski definition) is 4. The van der Waals surface area contributed by atoms with Gasteiger partial charge in [0.15, 0.2) is 5.01 Å². The number of ketones is 1. The van der Waals surface area contributed by atoms with E-state index in [4.69, 9.17) is 0 Å². The topological polar surface area (TPSA) is 42.0 Å². The average Bonchev–Trinajstić information content (AvgIpc) is 2.52. The minimum Gasteiger partial charge on any atom is -0.290 e. The molecule has 1 aromatic heterocycles. The largest absolute Gasteiger partial charge is 0.290 e. The van der Waals surface area contributed by atoms with Crippen LogP contribution in [-0.4, -0.2) is 17.3 Å². The maximum atomic E-state index is 11.5. The Hall–Kier alpha value is -0.380. The normalized spacial score (nSPS) is 11.0. The van der Waals surface area contributed by atoms with E-state index in [0.717, 1.165) is 0 Å². The van der Waals surface area contributed by atoms with Gasteiger partial charge >= 0.3 is 0 Å². The molecular formula is C5H6FN2OPS. The summed E-state index contributed by atoms with van der Waals surface area (Å²) in [6, 6.07) is 0. The molecule has 1 atom stereocenters. The molecule has 0 saturated carbocycles. The van der Waals surface area contributed by atoms with Crippen LogP contribution >= 0.6 is 20.4 Å². The van der Waals surface area contributed by atoms with Crippen molar-refractivity contribution < 1.29 is 8.99 Å². The average molecular weight is 192 g/mol. The molecule has 1 heterocycles. The smallest absolute Gasteiger partial charge is 0.205 e. The number of Topliss-reactive ketones (excluding diaryl/α,β-unsaturated/α-hetero) is 1. The van der Waals surface area contributed by atoms with E-state index in [1.165, 1.54) is 11.3 Å². The van der Waals surface area contributed by atoms with Crippen molar-refractivity contribution in [3.8, 4) is 0 Å². The summed E-state index contributed by atoms with van der Waals surface area (Å²) in [5, 5.41) is 4.45. The lowest BCUT2D eigenvalue weighted by Crippen LogP contribution is -2.14. The number of carbonyl (C=O) groups excluding carboxylic acids is 1. The molecule has 60 valence electrons. The summed E-state index contributed by atoms with van der Waals surface area (Å²) in [6.07, 6.45) is 1.55. The van der Waals surface area contributed by atoms with E-state index in [0.29, 0.717) is 5.01 Å². The first-order valence-electron chi connectivity index (χ1n) is 2.86. The van der Waals surface area contributed by atoms with Crippen LogP contribution in [0.15, 0.2) is 11.6 Å². The third-order valence-corrected chi connectivity index (χ3v) is 2.11. The van der Waals surface area contributed by atoms with Crippen molar-refractivity contribution >= 4 is 26.2 Å². The van der Waals surface area contributed by atoms with Gasteiger partial charge in [0.1, 0.15) is 9.04 Å². The van der Waals surface area contributed by atoms with Gasteiger partial charge in [0.2, 0.25) is 5.78 Å². The first-order chi connectivity index (χ1) is 5.34. The summed E-state index contributed by atoms with van der Waals surface area (Å²) in [5.74, 6) is -0.162. The Bertz CT molecular complexity index is 228. The van der Waals surface area contributed by atoms with Gasteiger partial charge in [-0.1, -0.05) is 0 Å². The Balaban J connectivity index is 2.43. The molecule has 6 heteroatoms. The molecule has 0 spiro atoms. The summed E-state index contributed by atoms with van der Waals surface area (Å²) in [4.78, 5) is 14.8. The van der Waals surface area contributed by atoms with Crippen molar-refractivity contribution in [1.29, 1.82) is 0 Å². The molecule has 0 aliphatic rings. The molecule has 0 aliphatic carbocycles. The lowest BCUT2D eigenvalue weighted by Gasteiger charge is -1.93. The lowest BCUT2D eigenvalue weighted by atomic mass is 10.4. The highest BCUT2D eigenvalue weighted by Gasteiger charge is 2.06. The number of thiazole rings is 1. The zero-order valence-electron chi connectivity index (χ0n) is 5.50. The summed E-state index contributed by atoms with van der Waals surface area (Å²) in [7, 11) is -0.889. The Morgan fingerprint density at radius 3 is 3.27 bits per heavy atom. The standard InChI is InChI=1S/C5H6FN2OPS/c6-10-8-3-4(9)5-7-1-2-11-5/h1-2,8,10H,3H2. The molecule has 0 aromatic carbocycles. The van der Waals surface area contributed by atoms with Crippen LogP contribution in [0.5, 0.6) is 0 Å². The molecule has 1 aromatic rings. The highest BCUT2D eigenvalue weighted by Crippen LogP contribution is 2.06. The maximum Gasteiger partial charge on any atom is 0.205 e. The molecule has 3 nitrogen and oxygen atoms in total. The van der Waals surface area contributed by atoms with Gasteiger partial charge in [0.05, 0.1) is 6.54 Å². The second kappa shape index (κ2) is 4.49. The van der Waals surface area contributed by atoms with E-state index in [9.17, 15) is 8.99 Å². The molecule has 11 heavy (non-hydrogen) atoms. The number of carbonyl (C=O) groups is 1. The molecule has 1 rings (SSSR count). The second-order valence-corrected chi connectivity index (χ2v) is 3.15. The molecular weight excluding hydrogens is 186 g/mol. The highest BCUT2D eigenvalue weighted by atomic mass is 32.1. The molecule has 0 fully saturated rings. The van der Waals surface area contributed by atoms with E-state index < -0.39 is 9.04 Å². The maximum absolute atomic E-state index is 11.5. The SMILES string of the molecule is O=C(CNPF)c1nccs1. The highest BCUT2D eigenvalue weighted by molar-refractivity contribution is 7.29. The van der Waals surface area contributed by atoms with Gasteiger partial charge in [-0.3, -0.25) is 9.88 Å². The molecule has 1 N–H and O–H groups in total. The lowest BCUT2D eigenvalue weighted by molar-refractivity contribution is 0.0997. The first kappa shape index (κ1) is 8.71. The fourth-order valence-corrected chi connectivity index (χ4v) is 1.35. The third-order valence-electron chi connectivity index (χ3n) is 0.987. The van der Waals surface area contributed by atoms with Crippen LogP contribution < -0.4 is 5.09 Å². The quantitative estimate of drug-likeness (QED) is 0.579. The molecule has 1 unspecified atom stereocenters. The van der Waals surface area contributed by atoms with Crippen molar-refractivity contribution in [2.45, 2.75) is 0 Å².